The van der Waals surface area contributed by atoms with Crippen LogP contribution in [0, 0.1) is 0 Å². The number of rotatable bonds is 4. The van der Waals surface area contributed by atoms with Gasteiger partial charge in [0.2, 0.25) is 0 Å². The summed E-state index contributed by atoms with van der Waals surface area (Å²) in [5.74, 6) is 0. The Kier molecular flexibility index (Phi) is 4.42. The highest BCUT2D eigenvalue weighted by atomic mass is 14.8. The van der Waals surface area contributed by atoms with Crippen LogP contribution in [0.25, 0.3) is 0 Å². The van der Waals surface area contributed by atoms with Gasteiger partial charge in [-0.3, -0.25) is 9.98 Å². The summed E-state index contributed by atoms with van der Waals surface area (Å²) >= 11 is 0. The lowest BCUT2D eigenvalue weighted by Crippen LogP contribution is -2.04. The molecule has 0 spiro atoms. The van der Waals surface area contributed by atoms with Crippen LogP contribution in [0.1, 0.15) is 11.1 Å². The number of hydrogen-bond acceptors (Lipinski definition) is 2. The van der Waals surface area contributed by atoms with E-state index in [0.29, 0.717) is 6.54 Å². The van der Waals surface area contributed by atoms with Crippen LogP contribution in [-0.4, -0.2) is 25.5 Å². The zero-order valence-corrected chi connectivity index (χ0v) is 10.5. The Morgan fingerprint density at radius 3 is 1.83 bits per heavy atom. The third-order valence-corrected chi connectivity index (χ3v) is 2.61. The van der Waals surface area contributed by atoms with E-state index in [-0.39, 0.29) is 0 Å². The van der Waals surface area contributed by atoms with Crippen LogP contribution in [0.5, 0.6) is 0 Å². The zero-order valence-electron chi connectivity index (χ0n) is 10.5. The van der Waals surface area contributed by atoms with Gasteiger partial charge in [0.25, 0.3) is 0 Å². The molecule has 90 valence electrons. The van der Waals surface area contributed by atoms with Crippen LogP contribution in [0.3, 0.4) is 0 Å². The highest BCUT2D eigenvalue weighted by Crippen LogP contribution is 2.10. The maximum Gasteiger partial charge on any atom is 0.0745 e. The molecular formula is C16H16N2. The Morgan fingerprint density at radius 2 is 1.39 bits per heavy atom. The highest BCUT2D eigenvalue weighted by Gasteiger charge is 2.04. The molecule has 2 rings (SSSR count). The summed E-state index contributed by atoms with van der Waals surface area (Å²) in [6, 6.07) is 20.5. The molecule has 2 heteroatoms. The zero-order chi connectivity index (χ0) is 12.6. The van der Waals surface area contributed by atoms with E-state index in [2.05, 4.69) is 34.3 Å². The number of aliphatic imine (C=N–C) groups is 2. The molecule has 0 bridgehead atoms. The molecular weight excluding hydrogens is 220 g/mol. The third kappa shape index (κ3) is 3.14. The first kappa shape index (κ1) is 12.2. The van der Waals surface area contributed by atoms with Gasteiger partial charge in [-0.1, -0.05) is 60.7 Å². The van der Waals surface area contributed by atoms with E-state index >= 15 is 0 Å². The molecule has 0 heterocycles. The van der Waals surface area contributed by atoms with E-state index in [0.717, 1.165) is 16.8 Å². The summed E-state index contributed by atoms with van der Waals surface area (Å²) in [7, 11) is 1.76. The van der Waals surface area contributed by atoms with Crippen molar-refractivity contribution >= 4 is 11.9 Å². The first-order valence-electron chi connectivity index (χ1n) is 5.97. The Bertz CT molecular complexity index is 486. The Hall–Kier alpha value is -2.22. The van der Waals surface area contributed by atoms with Gasteiger partial charge in [0, 0.05) is 24.4 Å². The maximum absolute atomic E-state index is 4.62. The summed E-state index contributed by atoms with van der Waals surface area (Å²) in [6.07, 6.45) is 1.81. The molecule has 0 amide bonds. The summed E-state index contributed by atoms with van der Waals surface area (Å²) in [6.45, 7) is 0.607. The van der Waals surface area contributed by atoms with Gasteiger partial charge >= 0.3 is 0 Å². The SMILES string of the molecule is CN=CCN=C(c1ccccc1)c1ccccc1. The second kappa shape index (κ2) is 6.50. The molecule has 0 radical (unpaired) electrons. The predicted octanol–water partition coefficient (Wildman–Crippen LogP) is 3.22. The highest BCUT2D eigenvalue weighted by molar-refractivity contribution is 6.13. The second-order valence-electron chi connectivity index (χ2n) is 3.86. The van der Waals surface area contributed by atoms with Crippen LogP contribution in [0.4, 0.5) is 0 Å². The van der Waals surface area contributed by atoms with Crippen molar-refractivity contribution in [3.05, 3.63) is 71.8 Å². The molecule has 0 atom stereocenters. The van der Waals surface area contributed by atoms with Crippen molar-refractivity contribution in [2.24, 2.45) is 9.98 Å². The van der Waals surface area contributed by atoms with Crippen molar-refractivity contribution in [1.29, 1.82) is 0 Å². The van der Waals surface area contributed by atoms with E-state index in [1.807, 2.05) is 42.6 Å². The molecule has 2 nitrogen and oxygen atoms in total. The minimum Gasteiger partial charge on any atom is -0.299 e. The fourth-order valence-electron chi connectivity index (χ4n) is 1.76. The van der Waals surface area contributed by atoms with Crippen LogP contribution in [0.2, 0.25) is 0 Å². The summed E-state index contributed by atoms with van der Waals surface area (Å²) < 4.78 is 0. The second-order valence-corrected chi connectivity index (χ2v) is 3.86. The molecule has 0 saturated heterocycles. The fourth-order valence-corrected chi connectivity index (χ4v) is 1.76. The quantitative estimate of drug-likeness (QED) is 0.728. The monoisotopic (exact) mass is 236 g/mol. The molecule has 0 aliphatic heterocycles. The first-order valence-corrected chi connectivity index (χ1v) is 5.97. The van der Waals surface area contributed by atoms with Crippen molar-refractivity contribution < 1.29 is 0 Å². The number of nitrogens with zero attached hydrogens (tertiary/aromatic N) is 2. The van der Waals surface area contributed by atoms with E-state index in [4.69, 9.17) is 0 Å². The van der Waals surface area contributed by atoms with Crippen LogP contribution >= 0.6 is 0 Å². The van der Waals surface area contributed by atoms with Gasteiger partial charge in [0.05, 0.1) is 12.3 Å². The van der Waals surface area contributed by atoms with Gasteiger partial charge in [-0.15, -0.1) is 0 Å². The molecule has 0 aromatic heterocycles. The Balaban J connectivity index is 2.38. The average molecular weight is 236 g/mol. The fraction of sp³-hybridized carbons (Fsp3) is 0.125. The van der Waals surface area contributed by atoms with Gasteiger partial charge in [-0.2, -0.15) is 0 Å². The van der Waals surface area contributed by atoms with Gasteiger partial charge in [0.15, 0.2) is 0 Å². The molecule has 0 N–H and O–H groups in total. The van der Waals surface area contributed by atoms with E-state index in [1.165, 1.54) is 0 Å². The molecule has 0 aliphatic rings. The summed E-state index contributed by atoms with van der Waals surface area (Å²) in [5.41, 5.74) is 3.28. The van der Waals surface area contributed by atoms with Crippen molar-refractivity contribution in [2.45, 2.75) is 0 Å². The Morgan fingerprint density at radius 1 is 0.889 bits per heavy atom. The minimum absolute atomic E-state index is 0.607. The molecule has 2 aromatic rings. The minimum atomic E-state index is 0.607. The van der Waals surface area contributed by atoms with Gasteiger partial charge in [-0.25, -0.2) is 0 Å². The van der Waals surface area contributed by atoms with Crippen molar-refractivity contribution in [3.63, 3.8) is 0 Å². The largest absolute Gasteiger partial charge is 0.299 e. The molecule has 0 fully saturated rings. The molecule has 0 unspecified atom stereocenters. The lowest BCUT2D eigenvalue weighted by molar-refractivity contribution is 1.29. The average Bonchev–Trinajstić information content (AvgIpc) is 2.46. The third-order valence-electron chi connectivity index (χ3n) is 2.61. The van der Waals surface area contributed by atoms with Crippen LogP contribution in [0.15, 0.2) is 70.6 Å². The van der Waals surface area contributed by atoms with Gasteiger partial charge < -0.3 is 0 Å². The predicted molar refractivity (Wildman–Crippen MR) is 77.8 cm³/mol. The van der Waals surface area contributed by atoms with E-state index in [9.17, 15) is 0 Å². The standard InChI is InChI=1S/C16H16N2/c1-17-12-13-18-16(14-8-4-2-5-9-14)15-10-6-3-7-11-15/h2-12H,13H2,1H3. The van der Waals surface area contributed by atoms with Crippen molar-refractivity contribution in [2.75, 3.05) is 13.6 Å². The summed E-state index contributed by atoms with van der Waals surface area (Å²) in [5, 5.41) is 0. The summed E-state index contributed by atoms with van der Waals surface area (Å²) in [4.78, 5) is 8.58. The Labute approximate surface area is 108 Å². The van der Waals surface area contributed by atoms with Crippen molar-refractivity contribution in [1.82, 2.24) is 0 Å². The maximum atomic E-state index is 4.62. The van der Waals surface area contributed by atoms with Crippen LogP contribution in [-0.2, 0) is 0 Å². The van der Waals surface area contributed by atoms with E-state index in [1.54, 1.807) is 7.05 Å². The smallest absolute Gasteiger partial charge is 0.0745 e. The number of benzene rings is 2. The lowest BCUT2D eigenvalue weighted by atomic mass is 10.0. The first-order chi connectivity index (χ1) is 8.92. The molecule has 18 heavy (non-hydrogen) atoms. The topological polar surface area (TPSA) is 24.7 Å². The normalized spacial score (nSPS) is 10.5. The van der Waals surface area contributed by atoms with E-state index < -0.39 is 0 Å². The lowest BCUT2D eigenvalue weighted by Gasteiger charge is -2.06. The molecule has 0 saturated carbocycles. The van der Waals surface area contributed by atoms with Gasteiger partial charge in [-0.05, 0) is 0 Å². The number of hydrogen-bond donors (Lipinski definition) is 0. The van der Waals surface area contributed by atoms with Crippen LogP contribution < -0.4 is 0 Å². The molecule has 2 aromatic carbocycles. The molecule has 0 aliphatic carbocycles. The van der Waals surface area contributed by atoms with Crippen molar-refractivity contribution in [3.8, 4) is 0 Å². The van der Waals surface area contributed by atoms with Gasteiger partial charge in [0.1, 0.15) is 0 Å².